The van der Waals surface area contributed by atoms with E-state index >= 15 is 0 Å². The Labute approximate surface area is 96.6 Å². The maximum Gasteiger partial charge on any atom is 0.132 e. The number of nitrogens with zero attached hydrogens (tertiary/aromatic N) is 2. The van der Waals surface area contributed by atoms with Crippen LogP contribution in [0.15, 0.2) is 29.0 Å². The largest absolute Gasteiger partial charge is 0.307 e. The van der Waals surface area contributed by atoms with Gasteiger partial charge in [0.1, 0.15) is 10.4 Å². The molecular weight excluding hydrogens is 254 g/mol. The number of hydrogen-bond donors (Lipinski definition) is 1. The average molecular weight is 266 g/mol. The van der Waals surface area contributed by atoms with Gasteiger partial charge in [0.15, 0.2) is 0 Å². The molecule has 1 aliphatic heterocycles. The molecule has 3 rings (SSSR count). The maximum atomic E-state index is 4.59. The van der Waals surface area contributed by atoms with Crippen molar-refractivity contribution in [2.75, 3.05) is 6.54 Å². The van der Waals surface area contributed by atoms with E-state index in [2.05, 4.69) is 42.9 Å². The fourth-order valence-corrected chi connectivity index (χ4v) is 2.68. The highest BCUT2D eigenvalue weighted by molar-refractivity contribution is 9.10. The molecule has 2 aromatic heterocycles. The fraction of sp³-hybridized carbons (Fsp3) is 0.364. The molecular formula is C11H12BrN3. The normalized spacial score (nSPS) is 21.3. The number of pyridine rings is 1. The van der Waals surface area contributed by atoms with Crippen LogP contribution in [0.3, 0.4) is 0 Å². The van der Waals surface area contributed by atoms with Gasteiger partial charge in [0, 0.05) is 6.20 Å². The van der Waals surface area contributed by atoms with Gasteiger partial charge in [-0.15, -0.1) is 0 Å². The lowest BCUT2D eigenvalue weighted by Crippen LogP contribution is -2.15. The molecule has 0 saturated carbocycles. The Bertz CT molecular complexity index is 486. The lowest BCUT2D eigenvalue weighted by atomic mass is 10.2. The van der Waals surface area contributed by atoms with E-state index in [4.69, 9.17) is 0 Å². The SMILES string of the molecule is Brc1nc(C2CCCN2)n2ccccc12. The molecule has 3 nitrogen and oxygen atoms in total. The van der Waals surface area contributed by atoms with Crippen LogP contribution in [0.4, 0.5) is 0 Å². The molecule has 0 aromatic carbocycles. The van der Waals surface area contributed by atoms with Crippen molar-refractivity contribution in [3.8, 4) is 0 Å². The van der Waals surface area contributed by atoms with E-state index in [1.165, 1.54) is 12.8 Å². The van der Waals surface area contributed by atoms with Gasteiger partial charge in [-0.05, 0) is 47.4 Å². The zero-order valence-electron chi connectivity index (χ0n) is 8.28. The van der Waals surface area contributed by atoms with E-state index in [-0.39, 0.29) is 0 Å². The first kappa shape index (κ1) is 9.36. The van der Waals surface area contributed by atoms with Crippen molar-refractivity contribution in [3.05, 3.63) is 34.8 Å². The number of fused-ring (bicyclic) bond motifs is 1. The molecule has 4 heteroatoms. The van der Waals surface area contributed by atoms with Gasteiger partial charge >= 0.3 is 0 Å². The Morgan fingerprint density at radius 2 is 2.40 bits per heavy atom. The second kappa shape index (κ2) is 3.61. The summed E-state index contributed by atoms with van der Waals surface area (Å²) in [6, 6.07) is 6.56. The van der Waals surface area contributed by atoms with Crippen LogP contribution in [0, 0.1) is 0 Å². The summed E-state index contributed by atoms with van der Waals surface area (Å²) in [6.45, 7) is 1.10. The molecule has 0 radical (unpaired) electrons. The summed E-state index contributed by atoms with van der Waals surface area (Å²) in [5.74, 6) is 1.12. The Morgan fingerprint density at radius 3 is 3.20 bits per heavy atom. The highest BCUT2D eigenvalue weighted by atomic mass is 79.9. The Balaban J connectivity index is 2.17. The van der Waals surface area contributed by atoms with E-state index < -0.39 is 0 Å². The van der Waals surface area contributed by atoms with E-state index in [0.717, 1.165) is 22.5 Å². The monoisotopic (exact) mass is 265 g/mol. The van der Waals surface area contributed by atoms with Gasteiger partial charge in [0.2, 0.25) is 0 Å². The zero-order valence-corrected chi connectivity index (χ0v) is 9.87. The summed E-state index contributed by atoms with van der Waals surface area (Å²) in [5.41, 5.74) is 1.14. The van der Waals surface area contributed by atoms with Crippen LogP contribution >= 0.6 is 15.9 Å². The van der Waals surface area contributed by atoms with Gasteiger partial charge in [0.05, 0.1) is 11.6 Å². The van der Waals surface area contributed by atoms with Crippen molar-refractivity contribution < 1.29 is 0 Å². The van der Waals surface area contributed by atoms with Crippen LogP contribution in [0.5, 0.6) is 0 Å². The Hall–Kier alpha value is -0.870. The molecule has 78 valence electrons. The molecule has 1 aliphatic rings. The minimum Gasteiger partial charge on any atom is -0.307 e. The van der Waals surface area contributed by atoms with Gasteiger partial charge in [0.25, 0.3) is 0 Å². The summed E-state index contributed by atoms with van der Waals surface area (Å²) in [7, 11) is 0. The minimum atomic E-state index is 0.409. The van der Waals surface area contributed by atoms with Crippen molar-refractivity contribution >= 4 is 21.4 Å². The second-order valence-corrected chi connectivity index (χ2v) is 4.62. The topological polar surface area (TPSA) is 29.3 Å². The number of halogens is 1. The van der Waals surface area contributed by atoms with E-state index in [1.54, 1.807) is 0 Å². The number of rotatable bonds is 1. The number of aromatic nitrogens is 2. The number of nitrogens with one attached hydrogen (secondary N) is 1. The van der Waals surface area contributed by atoms with Crippen LogP contribution in [0.2, 0.25) is 0 Å². The van der Waals surface area contributed by atoms with Crippen LogP contribution in [-0.4, -0.2) is 15.9 Å². The maximum absolute atomic E-state index is 4.59. The molecule has 1 saturated heterocycles. The van der Waals surface area contributed by atoms with E-state index in [9.17, 15) is 0 Å². The molecule has 3 heterocycles. The first-order valence-corrected chi connectivity index (χ1v) is 6.01. The van der Waals surface area contributed by atoms with Crippen molar-refractivity contribution in [1.82, 2.24) is 14.7 Å². The standard InChI is InChI=1S/C11H12BrN3/c12-10-9-5-1-2-7-15(9)11(14-10)8-4-3-6-13-8/h1-2,5,7-8,13H,3-4,6H2. The van der Waals surface area contributed by atoms with Gasteiger partial charge < -0.3 is 9.72 Å². The smallest absolute Gasteiger partial charge is 0.132 e. The van der Waals surface area contributed by atoms with E-state index in [1.807, 2.05) is 12.1 Å². The van der Waals surface area contributed by atoms with Crippen molar-refractivity contribution in [2.24, 2.45) is 0 Å². The summed E-state index contributed by atoms with van der Waals surface area (Å²) < 4.78 is 3.10. The Kier molecular flexibility index (Phi) is 2.25. The minimum absolute atomic E-state index is 0.409. The van der Waals surface area contributed by atoms with Gasteiger partial charge in [-0.1, -0.05) is 6.07 Å². The third-order valence-electron chi connectivity index (χ3n) is 2.90. The molecule has 1 N–H and O–H groups in total. The lowest BCUT2D eigenvalue weighted by Gasteiger charge is -2.08. The van der Waals surface area contributed by atoms with Crippen LogP contribution < -0.4 is 5.32 Å². The van der Waals surface area contributed by atoms with E-state index in [0.29, 0.717) is 6.04 Å². The molecule has 1 fully saturated rings. The average Bonchev–Trinajstić information content (AvgIpc) is 2.87. The molecule has 2 aromatic rings. The van der Waals surface area contributed by atoms with Gasteiger partial charge in [-0.25, -0.2) is 4.98 Å². The predicted octanol–water partition coefficient (Wildman–Crippen LogP) is 2.52. The van der Waals surface area contributed by atoms with Crippen LogP contribution in [-0.2, 0) is 0 Å². The Morgan fingerprint density at radius 1 is 1.47 bits per heavy atom. The third kappa shape index (κ3) is 1.48. The molecule has 0 aliphatic carbocycles. The first-order chi connectivity index (χ1) is 7.36. The predicted molar refractivity (Wildman–Crippen MR) is 62.9 cm³/mol. The van der Waals surface area contributed by atoms with Crippen molar-refractivity contribution in [2.45, 2.75) is 18.9 Å². The molecule has 1 atom stereocenters. The third-order valence-corrected chi connectivity index (χ3v) is 3.49. The fourth-order valence-electron chi connectivity index (χ4n) is 2.17. The molecule has 0 bridgehead atoms. The highest BCUT2D eigenvalue weighted by Crippen LogP contribution is 2.26. The molecule has 1 unspecified atom stereocenters. The second-order valence-electron chi connectivity index (χ2n) is 3.87. The highest BCUT2D eigenvalue weighted by Gasteiger charge is 2.21. The van der Waals surface area contributed by atoms with Gasteiger partial charge in [-0.2, -0.15) is 0 Å². The first-order valence-electron chi connectivity index (χ1n) is 5.22. The van der Waals surface area contributed by atoms with Gasteiger partial charge in [-0.3, -0.25) is 0 Å². The van der Waals surface area contributed by atoms with Crippen molar-refractivity contribution in [3.63, 3.8) is 0 Å². The van der Waals surface area contributed by atoms with Crippen molar-refractivity contribution in [1.29, 1.82) is 0 Å². The number of imidazole rings is 1. The molecule has 0 amide bonds. The molecule has 0 spiro atoms. The zero-order chi connectivity index (χ0) is 10.3. The summed E-state index contributed by atoms with van der Waals surface area (Å²) in [4.78, 5) is 4.59. The summed E-state index contributed by atoms with van der Waals surface area (Å²) >= 11 is 3.51. The molecule has 15 heavy (non-hydrogen) atoms. The summed E-state index contributed by atoms with van der Waals surface area (Å²) in [6.07, 6.45) is 4.49. The van der Waals surface area contributed by atoms with Crippen LogP contribution in [0.25, 0.3) is 5.52 Å². The lowest BCUT2D eigenvalue weighted by molar-refractivity contribution is 0.602. The quantitative estimate of drug-likeness (QED) is 0.859. The summed E-state index contributed by atoms with van der Waals surface area (Å²) in [5, 5.41) is 3.47. The number of hydrogen-bond acceptors (Lipinski definition) is 2. The van der Waals surface area contributed by atoms with Crippen LogP contribution in [0.1, 0.15) is 24.7 Å².